The van der Waals surface area contributed by atoms with Crippen LogP contribution >= 0.6 is 0 Å². The van der Waals surface area contributed by atoms with Crippen molar-refractivity contribution in [1.82, 2.24) is 4.65 Å². The zero-order chi connectivity index (χ0) is 7.71. The Kier molecular flexibility index (Phi) is 7.15. The summed E-state index contributed by atoms with van der Waals surface area (Å²) in [6.45, 7) is 14.1. The fourth-order valence-corrected chi connectivity index (χ4v) is 10.1. The Morgan fingerprint density at radius 2 is 0.900 bits per heavy atom. The van der Waals surface area contributed by atoms with E-state index in [0.717, 1.165) is 0 Å². The number of nitrogens with one attached hydrogen (secondary N) is 1. The summed E-state index contributed by atoms with van der Waals surface area (Å²) < 4.78 is 3.74. The second-order valence-corrected chi connectivity index (χ2v) is 14.6. The van der Waals surface area contributed by atoms with Crippen molar-refractivity contribution in [3.05, 3.63) is 0 Å². The van der Waals surface area contributed by atoms with E-state index in [1.165, 1.54) is 0 Å². The molecule has 0 aromatic carbocycles. The molecule has 0 aliphatic rings. The Morgan fingerprint density at radius 1 is 0.700 bits per heavy atom. The second kappa shape index (κ2) is 4.91. The summed E-state index contributed by atoms with van der Waals surface area (Å²) in [5.74, 6) is 0. The molecule has 4 heteroatoms. The van der Waals surface area contributed by atoms with Gasteiger partial charge in [-0.05, 0) is 0 Å². The zero-order valence-corrected chi connectivity index (χ0v) is 13.6. The van der Waals surface area contributed by atoms with Crippen LogP contribution in [0, 0.1) is 0 Å². The molecule has 10 heavy (non-hydrogen) atoms. The molecule has 0 amide bonds. The predicted octanol–water partition coefficient (Wildman–Crippen LogP) is 1.86. The zero-order valence-electron chi connectivity index (χ0n) is 8.50. The topological polar surface area (TPSA) is 12.0 Å². The van der Waals surface area contributed by atoms with E-state index in [2.05, 4.69) is 43.9 Å². The maximum atomic E-state index is 3.74. The van der Waals surface area contributed by atoms with E-state index in [1.807, 2.05) is 0 Å². The predicted molar refractivity (Wildman–Crippen MR) is 55.6 cm³/mol. The Balaban J connectivity index is 0. The number of rotatable bonds is 2. The molecular weight excluding hydrogens is 181 g/mol. The smallest absolute Gasteiger partial charge is 0.109 e. The minimum atomic E-state index is -0.981. The van der Waals surface area contributed by atoms with Crippen molar-refractivity contribution in [2.45, 2.75) is 39.3 Å². The number of hydrogen-bond acceptors (Lipinski definition) is 1. The van der Waals surface area contributed by atoms with Crippen LogP contribution in [0.5, 0.6) is 0 Å². The Bertz CT molecular complexity index is 80.9. The third-order valence-electron chi connectivity index (χ3n) is 0.750. The summed E-state index contributed by atoms with van der Waals surface area (Å²) in [5.41, 5.74) is 0. The molecule has 0 rings (SSSR count). The quantitative estimate of drug-likeness (QED) is 0.671. The van der Waals surface area contributed by atoms with E-state index in [0.29, 0.717) is 0 Å². The Morgan fingerprint density at radius 3 is 0.900 bits per heavy atom. The fourth-order valence-electron chi connectivity index (χ4n) is 1.12. The van der Waals surface area contributed by atoms with Crippen LogP contribution in [0.25, 0.3) is 0 Å². The molecular formula is C6H19KNSi2. The minimum absolute atomic E-state index is 0. The molecule has 1 radical (unpaired) electrons. The van der Waals surface area contributed by atoms with Crippen LogP contribution < -0.4 is 4.65 Å². The van der Waals surface area contributed by atoms with Gasteiger partial charge >= 0.3 is 0 Å². The van der Waals surface area contributed by atoms with Gasteiger partial charge in [-0.15, -0.1) is 0 Å². The van der Waals surface area contributed by atoms with Gasteiger partial charge in [0, 0.05) is 51.4 Å². The summed E-state index contributed by atoms with van der Waals surface area (Å²) in [6.07, 6.45) is 0. The maximum absolute atomic E-state index is 3.74. The molecule has 0 unspecified atom stereocenters. The van der Waals surface area contributed by atoms with E-state index < -0.39 is 16.5 Å². The summed E-state index contributed by atoms with van der Waals surface area (Å²) in [5, 5.41) is 0. The molecule has 0 aromatic heterocycles. The first kappa shape index (κ1) is 14.5. The summed E-state index contributed by atoms with van der Waals surface area (Å²) >= 11 is 0. The van der Waals surface area contributed by atoms with E-state index in [4.69, 9.17) is 0 Å². The molecule has 0 bridgehead atoms. The molecule has 0 atom stereocenters. The molecule has 0 aliphatic heterocycles. The van der Waals surface area contributed by atoms with Gasteiger partial charge in [-0.1, -0.05) is 39.3 Å². The van der Waals surface area contributed by atoms with Crippen molar-refractivity contribution >= 4 is 67.9 Å². The van der Waals surface area contributed by atoms with Crippen LogP contribution in [0.2, 0.25) is 39.3 Å². The molecule has 0 spiro atoms. The summed E-state index contributed by atoms with van der Waals surface area (Å²) in [6, 6.07) is 0. The van der Waals surface area contributed by atoms with Crippen LogP contribution in [0.1, 0.15) is 0 Å². The summed E-state index contributed by atoms with van der Waals surface area (Å²) in [7, 11) is -1.96. The third-order valence-corrected chi connectivity index (χ3v) is 6.75. The van der Waals surface area contributed by atoms with Gasteiger partial charge in [0.15, 0.2) is 0 Å². The molecule has 0 aromatic rings. The van der Waals surface area contributed by atoms with Crippen LogP contribution in [0.15, 0.2) is 0 Å². The first-order valence-electron chi connectivity index (χ1n) is 3.50. The average Bonchev–Trinajstić information content (AvgIpc) is 1.14. The molecule has 1 N–H and O–H groups in total. The normalized spacial score (nSPS) is 12.6. The van der Waals surface area contributed by atoms with Gasteiger partial charge in [-0.25, -0.2) is 0 Å². The van der Waals surface area contributed by atoms with Gasteiger partial charge in [-0.2, -0.15) is 0 Å². The van der Waals surface area contributed by atoms with Gasteiger partial charge in [0.05, 0.1) is 0 Å². The fraction of sp³-hybridized carbons (Fsp3) is 1.00. The Labute approximate surface area is 110 Å². The molecule has 0 aliphatic carbocycles. The van der Waals surface area contributed by atoms with Crippen molar-refractivity contribution in [2.24, 2.45) is 0 Å². The molecule has 0 heterocycles. The van der Waals surface area contributed by atoms with E-state index in [1.54, 1.807) is 0 Å². The van der Waals surface area contributed by atoms with Crippen LogP contribution in [0.4, 0.5) is 0 Å². The van der Waals surface area contributed by atoms with Crippen molar-refractivity contribution in [2.75, 3.05) is 0 Å². The molecule has 57 valence electrons. The van der Waals surface area contributed by atoms with Crippen LogP contribution in [0.3, 0.4) is 0 Å². The first-order valence-corrected chi connectivity index (χ1v) is 10.5. The molecule has 0 fully saturated rings. The minimum Gasteiger partial charge on any atom is -0.360 e. The van der Waals surface area contributed by atoms with Gasteiger partial charge in [-0.3, -0.25) is 0 Å². The van der Waals surface area contributed by atoms with E-state index in [9.17, 15) is 0 Å². The third kappa shape index (κ3) is 12.7. The van der Waals surface area contributed by atoms with Gasteiger partial charge in [0.2, 0.25) is 0 Å². The van der Waals surface area contributed by atoms with Crippen LogP contribution in [-0.4, -0.2) is 67.9 Å². The van der Waals surface area contributed by atoms with E-state index >= 15 is 0 Å². The second-order valence-electron chi connectivity index (χ2n) is 4.62. The SMILES string of the molecule is C[Si](C)(C)N[Si](C)(C)C.[K]. The number of hydrogen-bond donors (Lipinski definition) is 1. The van der Waals surface area contributed by atoms with Crippen molar-refractivity contribution in [3.8, 4) is 0 Å². The van der Waals surface area contributed by atoms with Gasteiger partial charge < -0.3 is 4.65 Å². The van der Waals surface area contributed by atoms with Crippen molar-refractivity contribution in [3.63, 3.8) is 0 Å². The standard InChI is InChI=1S/C6H19NSi2.K/c1-8(2,3)7-9(4,5)6;/h7H,1-6H3;. The van der Waals surface area contributed by atoms with E-state index in [-0.39, 0.29) is 51.4 Å². The van der Waals surface area contributed by atoms with Gasteiger partial charge in [0.25, 0.3) is 0 Å². The molecule has 1 nitrogen and oxygen atoms in total. The first-order chi connectivity index (χ1) is 3.71. The maximum Gasteiger partial charge on any atom is 0.109 e. The van der Waals surface area contributed by atoms with Crippen LogP contribution in [-0.2, 0) is 0 Å². The van der Waals surface area contributed by atoms with Crippen molar-refractivity contribution < 1.29 is 0 Å². The van der Waals surface area contributed by atoms with Gasteiger partial charge in [0.1, 0.15) is 16.5 Å². The van der Waals surface area contributed by atoms with Crippen molar-refractivity contribution in [1.29, 1.82) is 0 Å². The molecule has 0 saturated carbocycles. The summed E-state index contributed by atoms with van der Waals surface area (Å²) in [4.78, 5) is 0. The average molecular weight is 200 g/mol. The largest absolute Gasteiger partial charge is 0.360 e. The molecule has 0 saturated heterocycles. The Hall–Kier alpha value is 2.03. The monoisotopic (exact) mass is 200 g/mol.